The summed E-state index contributed by atoms with van der Waals surface area (Å²) in [7, 11) is 1.73. The van der Waals surface area contributed by atoms with Crippen LogP contribution in [0.25, 0.3) is 11.0 Å². The van der Waals surface area contributed by atoms with Gasteiger partial charge in [0.1, 0.15) is 5.82 Å². The summed E-state index contributed by atoms with van der Waals surface area (Å²) in [6, 6.07) is 18.7. The summed E-state index contributed by atoms with van der Waals surface area (Å²) in [5.74, 6) is 2.93. The molecule has 6 heteroatoms. The highest BCUT2D eigenvalue weighted by Crippen LogP contribution is 2.26. The molecule has 4 rings (SSSR count). The molecule has 0 aliphatic heterocycles. The lowest BCUT2D eigenvalue weighted by Gasteiger charge is -2.20. The zero-order valence-corrected chi connectivity index (χ0v) is 22.5. The number of rotatable bonds is 6. The van der Waals surface area contributed by atoms with Crippen molar-refractivity contribution in [3.05, 3.63) is 77.8 Å². The number of ether oxygens (including phenoxy) is 1. The van der Waals surface area contributed by atoms with E-state index in [9.17, 15) is 0 Å². The maximum absolute atomic E-state index is 5.72. The van der Waals surface area contributed by atoms with Gasteiger partial charge in [-0.2, -0.15) is 0 Å². The van der Waals surface area contributed by atoms with Gasteiger partial charge in [0.05, 0.1) is 17.6 Å². The van der Waals surface area contributed by atoms with Gasteiger partial charge in [0.2, 0.25) is 11.8 Å². The number of nitrogens with zero attached hydrogens (tertiary/aromatic N) is 4. The van der Waals surface area contributed by atoms with Crippen LogP contribution in [0, 0.1) is 0 Å². The van der Waals surface area contributed by atoms with Gasteiger partial charge in [0.25, 0.3) is 0 Å². The van der Waals surface area contributed by atoms with Gasteiger partial charge in [-0.25, -0.2) is 4.98 Å². The molecule has 0 fully saturated rings. The Morgan fingerprint density at radius 3 is 2.14 bits per heavy atom. The predicted octanol–water partition coefficient (Wildman–Crippen LogP) is 6.69. The Bertz CT molecular complexity index is 1200. The van der Waals surface area contributed by atoms with Crippen molar-refractivity contribution < 1.29 is 9.15 Å². The molecule has 1 atom stereocenters. The second-order valence-electron chi connectivity index (χ2n) is 11.1. The Labute approximate surface area is 209 Å². The molecule has 0 spiro atoms. The fraction of sp³-hybridized carbons (Fsp3) is 0.483. The molecule has 35 heavy (non-hydrogen) atoms. The lowest BCUT2D eigenvalue weighted by molar-refractivity contribution is 0.186. The predicted molar refractivity (Wildman–Crippen MR) is 142 cm³/mol. The Morgan fingerprint density at radius 2 is 1.54 bits per heavy atom. The maximum Gasteiger partial charge on any atom is 0.221 e. The topological polar surface area (TPSA) is 66.0 Å². The monoisotopic (exact) mass is 476 g/mol. The maximum atomic E-state index is 5.72. The van der Waals surface area contributed by atoms with Crippen molar-refractivity contribution in [1.82, 2.24) is 19.7 Å². The molecular formula is C29H40N4O2. The molecule has 0 aliphatic carbocycles. The van der Waals surface area contributed by atoms with E-state index in [1.807, 2.05) is 12.1 Å². The molecule has 0 amide bonds. The summed E-state index contributed by atoms with van der Waals surface area (Å²) in [6.07, 6.45) is 0.785. The van der Waals surface area contributed by atoms with Crippen molar-refractivity contribution in [2.45, 2.75) is 78.2 Å². The molecule has 2 aromatic heterocycles. The van der Waals surface area contributed by atoms with Crippen LogP contribution in [0.15, 0.2) is 59.0 Å². The van der Waals surface area contributed by atoms with Crippen LogP contribution in [-0.4, -0.2) is 33.5 Å². The third kappa shape index (κ3) is 7.01. The standard InChI is InChI=1S/C15H20N2O.C14H20N2O/c1-11(12-8-6-5-7-9-12)10-13-16-17-14(18-13)15(2,3)4;1-14(2,3)13-15-11-7-5-6-8-12(11)16(13)9-10-17-4/h5-9,11H,10H2,1-4H3;5-8H,9-10H2,1-4H3. The van der Waals surface area contributed by atoms with Crippen LogP contribution in [-0.2, 0) is 28.5 Å². The highest BCUT2D eigenvalue weighted by Gasteiger charge is 2.23. The first-order chi connectivity index (χ1) is 16.5. The van der Waals surface area contributed by atoms with Crippen molar-refractivity contribution in [3.63, 3.8) is 0 Å². The molecular weight excluding hydrogens is 436 g/mol. The number of fused-ring (bicyclic) bond motifs is 1. The van der Waals surface area contributed by atoms with Crippen molar-refractivity contribution in [3.8, 4) is 0 Å². The minimum atomic E-state index is -0.0821. The zero-order valence-electron chi connectivity index (χ0n) is 22.5. The van der Waals surface area contributed by atoms with Gasteiger partial charge in [-0.05, 0) is 23.6 Å². The third-order valence-electron chi connectivity index (χ3n) is 5.80. The fourth-order valence-corrected chi connectivity index (χ4v) is 3.86. The first-order valence-corrected chi connectivity index (χ1v) is 12.3. The second kappa shape index (κ2) is 11.2. The third-order valence-corrected chi connectivity index (χ3v) is 5.80. The molecule has 0 saturated heterocycles. The molecule has 0 aliphatic rings. The number of hydrogen-bond donors (Lipinski definition) is 0. The van der Waals surface area contributed by atoms with Crippen LogP contribution < -0.4 is 0 Å². The summed E-state index contributed by atoms with van der Waals surface area (Å²) < 4.78 is 13.2. The average Bonchev–Trinajstić information content (AvgIpc) is 3.43. The molecule has 0 bridgehead atoms. The Morgan fingerprint density at radius 1 is 0.886 bits per heavy atom. The average molecular weight is 477 g/mol. The molecule has 1 unspecified atom stereocenters. The highest BCUT2D eigenvalue weighted by atomic mass is 16.5. The smallest absolute Gasteiger partial charge is 0.221 e. The number of para-hydroxylation sites is 2. The molecule has 2 heterocycles. The van der Waals surface area contributed by atoms with Crippen LogP contribution in [0.1, 0.15) is 77.6 Å². The Balaban J connectivity index is 0.000000196. The van der Waals surface area contributed by atoms with Gasteiger partial charge < -0.3 is 13.7 Å². The van der Waals surface area contributed by atoms with Gasteiger partial charge in [-0.15, -0.1) is 10.2 Å². The molecule has 4 aromatic rings. The minimum Gasteiger partial charge on any atom is -0.425 e. The van der Waals surface area contributed by atoms with Gasteiger partial charge in [0, 0.05) is 30.9 Å². The van der Waals surface area contributed by atoms with E-state index < -0.39 is 0 Å². The van der Waals surface area contributed by atoms with Gasteiger partial charge in [-0.3, -0.25) is 0 Å². The molecule has 0 radical (unpaired) electrons. The second-order valence-corrected chi connectivity index (χ2v) is 11.1. The quantitative estimate of drug-likeness (QED) is 0.310. The number of methoxy groups -OCH3 is 1. The molecule has 0 saturated carbocycles. The summed E-state index contributed by atoms with van der Waals surface area (Å²) in [4.78, 5) is 4.74. The number of aromatic nitrogens is 4. The summed E-state index contributed by atoms with van der Waals surface area (Å²) in [6.45, 7) is 16.5. The van der Waals surface area contributed by atoms with E-state index in [0.29, 0.717) is 18.4 Å². The largest absolute Gasteiger partial charge is 0.425 e. The van der Waals surface area contributed by atoms with E-state index >= 15 is 0 Å². The molecule has 188 valence electrons. The summed E-state index contributed by atoms with van der Waals surface area (Å²) in [5.41, 5.74) is 3.52. The van der Waals surface area contributed by atoms with Gasteiger partial charge >= 0.3 is 0 Å². The number of benzene rings is 2. The van der Waals surface area contributed by atoms with Crippen molar-refractivity contribution >= 4 is 11.0 Å². The summed E-state index contributed by atoms with van der Waals surface area (Å²) in [5, 5.41) is 8.25. The first-order valence-electron chi connectivity index (χ1n) is 12.3. The zero-order chi connectivity index (χ0) is 25.6. The van der Waals surface area contributed by atoms with Crippen LogP contribution in [0.5, 0.6) is 0 Å². The van der Waals surface area contributed by atoms with E-state index in [1.54, 1.807) is 7.11 Å². The van der Waals surface area contributed by atoms with E-state index in [2.05, 4.69) is 106 Å². The minimum absolute atomic E-state index is 0.0484. The van der Waals surface area contributed by atoms with E-state index in [1.165, 1.54) is 11.1 Å². The van der Waals surface area contributed by atoms with Crippen LogP contribution >= 0.6 is 0 Å². The Kier molecular flexibility index (Phi) is 8.49. The van der Waals surface area contributed by atoms with E-state index in [0.717, 1.165) is 30.2 Å². The molecule has 2 aromatic carbocycles. The normalized spacial score (nSPS) is 12.9. The summed E-state index contributed by atoms with van der Waals surface area (Å²) >= 11 is 0. The van der Waals surface area contributed by atoms with E-state index in [-0.39, 0.29) is 10.8 Å². The SMILES string of the molecule is CC(Cc1nnc(C(C)(C)C)o1)c1ccccc1.COCCn1c(C(C)(C)C)nc2ccccc21. The van der Waals surface area contributed by atoms with Crippen LogP contribution in [0.4, 0.5) is 0 Å². The fourth-order valence-electron chi connectivity index (χ4n) is 3.86. The van der Waals surface area contributed by atoms with Crippen molar-refractivity contribution in [2.24, 2.45) is 0 Å². The van der Waals surface area contributed by atoms with Crippen LogP contribution in [0.3, 0.4) is 0 Å². The molecule has 0 N–H and O–H groups in total. The van der Waals surface area contributed by atoms with E-state index in [4.69, 9.17) is 14.1 Å². The lowest BCUT2D eigenvalue weighted by Crippen LogP contribution is -2.20. The van der Waals surface area contributed by atoms with Crippen LogP contribution in [0.2, 0.25) is 0 Å². The van der Waals surface area contributed by atoms with Gasteiger partial charge in [-0.1, -0.05) is 90.9 Å². The first kappa shape index (κ1) is 26.6. The van der Waals surface area contributed by atoms with Gasteiger partial charge in [0.15, 0.2) is 0 Å². The highest BCUT2D eigenvalue weighted by molar-refractivity contribution is 5.76. The van der Waals surface area contributed by atoms with Crippen molar-refractivity contribution in [2.75, 3.05) is 13.7 Å². The molecule has 6 nitrogen and oxygen atoms in total. The lowest BCUT2D eigenvalue weighted by atomic mass is 9.95. The van der Waals surface area contributed by atoms with Crippen molar-refractivity contribution in [1.29, 1.82) is 0 Å². The Hall–Kier alpha value is -2.99. The number of hydrogen-bond acceptors (Lipinski definition) is 5. The number of imidazole rings is 1.